The molecule has 0 spiro atoms. The van der Waals surface area contributed by atoms with Crippen LogP contribution in [0, 0.1) is 11.6 Å². The topological polar surface area (TPSA) is 46.2 Å². The van der Waals surface area contributed by atoms with E-state index in [1.165, 1.54) is 6.07 Å². The van der Waals surface area contributed by atoms with Gasteiger partial charge in [-0.25, -0.2) is 17.2 Å². The van der Waals surface area contributed by atoms with Crippen molar-refractivity contribution in [2.24, 2.45) is 0 Å². The third-order valence-electron chi connectivity index (χ3n) is 2.82. The minimum Gasteiger partial charge on any atom is -0.279 e. The number of hydrogen-bond acceptors (Lipinski definition) is 2. The monoisotopic (exact) mass is 331 g/mol. The van der Waals surface area contributed by atoms with Crippen molar-refractivity contribution in [3.63, 3.8) is 0 Å². The maximum atomic E-state index is 13.6. The van der Waals surface area contributed by atoms with Crippen LogP contribution in [0.3, 0.4) is 0 Å². The lowest BCUT2D eigenvalue weighted by molar-refractivity contribution is 0.555. The molecule has 0 aliphatic heterocycles. The molecule has 1 unspecified atom stereocenters. The Labute approximate surface area is 126 Å². The summed E-state index contributed by atoms with van der Waals surface area (Å²) in [6, 6.07) is 8.71. The van der Waals surface area contributed by atoms with Crippen LogP contribution in [0.5, 0.6) is 0 Å². The summed E-state index contributed by atoms with van der Waals surface area (Å²) in [7, 11) is -4.25. The quantitative estimate of drug-likeness (QED) is 0.859. The molecule has 2 rings (SSSR count). The van der Waals surface area contributed by atoms with Crippen LogP contribution in [0.2, 0.25) is 0 Å². The molecule has 0 amide bonds. The second-order valence-corrected chi connectivity index (χ2v) is 6.69. The van der Waals surface area contributed by atoms with Crippen molar-refractivity contribution < 1.29 is 17.2 Å². The van der Waals surface area contributed by atoms with E-state index in [1.807, 2.05) is 0 Å². The summed E-state index contributed by atoms with van der Waals surface area (Å²) < 4.78 is 53.4. The molecule has 0 heterocycles. The Bertz CT molecular complexity index is 763. The van der Waals surface area contributed by atoms with Crippen LogP contribution in [0.1, 0.15) is 17.9 Å². The predicted molar refractivity (Wildman–Crippen MR) is 77.9 cm³/mol. The predicted octanol–water partition coefficient (Wildman–Crippen LogP) is 4.07. The zero-order chi connectivity index (χ0) is 15.6. The molecule has 0 aromatic heterocycles. The van der Waals surface area contributed by atoms with Gasteiger partial charge in [0.25, 0.3) is 10.0 Å². The average Bonchev–Trinajstić information content (AvgIpc) is 2.41. The standard InChI is InChI=1S/C14H12ClF2NO2S/c1-9(15)11-4-2-3-5-13(11)18-21(19,20)14-8-10(16)6-7-12(14)17/h2-9,18H,1H3. The van der Waals surface area contributed by atoms with Crippen molar-refractivity contribution in [3.05, 3.63) is 59.7 Å². The lowest BCUT2D eigenvalue weighted by Gasteiger charge is -2.14. The van der Waals surface area contributed by atoms with Gasteiger partial charge >= 0.3 is 0 Å². The van der Waals surface area contributed by atoms with E-state index in [0.717, 1.165) is 12.1 Å². The van der Waals surface area contributed by atoms with Crippen LogP contribution in [-0.2, 0) is 10.0 Å². The lowest BCUT2D eigenvalue weighted by atomic mass is 10.1. The Morgan fingerprint density at radius 1 is 1.14 bits per heavy atom. The summed E-state index contributed by atoms with van der Waals surface area (Å²) >= 11 is 5.97. The van der Waals surface area contributed by atoms with Crippen molar-refractivity contribution in [1.82, 2.24) is 0 Å². The Kier molecular flexibility index (Phi) is 4.49. The van der Waals surface area contributed by atoms with Gasteiger partial charge in [-0.3, -0.25) is 4.72 Å². The molecule has 2 aromatic rings. The highest BCUT2D eigenvalue weighted by Gasteiger charge is 2.21. The molecule has 0 fully saturated rings. The molecule has 0 radical (unpaired) electrons. The smallest absolute Gasteiger partial charge is 0.264 e. The van der Waals surface area contributed by atoms with Gasteiger partial charge < -0.3 is 0 Å². The van der Waals surface area contributed by atoms with Gasteiger partial charge in [-0.05, 0) is 36.8 Å². The van der Waals surface area contributed by atoms with Crippen LogP contribution in [0.4, 0.5) is 14.5 Å². The average molecular weight is 332 g/mol. The van der Waals surface area contributed by atoms with Crippen LogP contribution < -0.4 is 4.72 Å². The first-order valence-corrected chi connectivity index (χ1v) is 7.94. The van der Waals surface area contributed by atoms with Crippen molar-refractivity contribution in [1.29, 1.82) is 0 Å². The van der Waals surface area contributed by atoms with Gasteiger partial charge in [0.2, 0.25) is 0 Å². The number of benzene rings is 2. The molecule has 1 N–H and O–H groups in total. The Morgan fingerprint density at radius 2 is 1.81 bits per heavy atom. The zero-order valence-electron chi connectivity index (χ0n) is 11.0. The minimum atomic E-state index is -4.25. The fraction of sp³-hybridized carbons (Fsp3) is 0.143. The third kappa shape index (κ3) is 3.51. The van der Waals surface area contributed by atoms with Crippen LogP contribution in [-0.4, -0.2) is 8.42 Å². The number of rotatable bonds is 4. The van der Waals surface area contributed by atoms with Gasteiger partial charge in [0.15, 0.2) is 0 Å². The fourth-order valence-corrected chi connectivity index (χ4v) is 3.19. The highest BCUT2D eigenvalue weighted by atomic mass is 35.5. The maximum Gasteiger partial charge on any atom is 0.264 e. The van der Waals surface area contributed by atoms with Crippen LogP contribution in [0.15, 0.2) is 47.4 Å². The molecule has 2 aromatic carbocycles. The van der Waals surface area contributed by atoms with E-state index in [0.29, 0.717) is 11.6 Å². The van der Waals surface area contributed by atoms with E-state index in [-0.39, 0.29) is 5.69 Å². The number of hydrogen-bond donors (Lipinski definition) is 1. The molecule has 1 atom stereocenters. The normalized spacial score (nSPS) is 13.0. The summed E-state index contributed by atoms with van der Waals surface area (Å²) in [5, 5.41) is -0.443. The Morgan fingerprint density at radius 3 is 2.48 bits per heavy atom. The lowest BCUT2D eigenvalue weighted by Crippen LogP contribution is -2.16. The molecule has 0 aliphatic carbocycles. The van der Waals surface area contributed by atoms with Gasteiger partial charge in [-0.1, -0.05) is 18.2 Å². The summed E-state index contributed by atoms with van der Waals surface area (Å²) in [5.74, 6) is -1.86. The summed E-state index contributed by atoms with van der Waals surface area (Å²) in [6.45, 7) is 1.68. The molecule has 0 bridgehead atoms. The third-order valence-corrected chi connectivity index (χ3v) is 4.43. The number of alkyl halides is 1. The number of sulfonamides is 1. The highest BCUT2D eigenvalue weighted by molar-refractivity contribution is 7.92. The molecular weight excluding hydrogens is 320 g/mol. The van der Waals surface area contributed by atoms with Gasteiger partial charge in [0.1, 0.15) is 16.5 Å². The first kappa shape index (κ1) is 15.7. The van der Waals surface area contributed by atoms with E-state index in [2.05, 4.69) is 4.72 Å². The molecule has 0 saturated heterocycles. The number of anilines is 1. The van der Waals surface area contributed by atoms with Crippen LogP contribution in [0.25, 0.3) is 0 Å². The number of halogens is 3. The largest absolute Gasteiger partial charge is 0.279 e. The van der Waals surface area contributed by atoms with Crippen molar-refractivity contribution in [3.8, 4) is 0 Å². The van der Waals surface area contributed by atoms with Crippen molar-refractivity contribution in [2.75, 3.05) is 4.72 Å². The highest BCUT2D eigenvalue weighted by Crippen LogP contribution is 2.29. The summed E-state index contributed by atoms with van der Waals surface area (Å²) in [5.41, 5.74) is 0.767. The summed E-state index contributed by atoms with van der Waals surface area (Å²) in [6.07, 6.45) is 0. The molecule has 7 heteroatoms. The molecule has 0 aliphatic rings. The van der Waals surface area contributed by atoms with E-state index < -0.39 is 31.9 Å². The Hall–Kier alpha value is -1.66. The van der Waals surface area contributed by atoms with E-state index in [1.54, 1.807) is 25.1 Å². The van der Waals surface area contributed by atoms with Crippen LogP contribution >= 0.6 is 11.6 Å². The number of para-hydroxylation sites is 1. The number of nitrogens with one attached hydrogen (secondary N) is 1. The first-order valence-electron chi connectivity index (χ1n) is 6.02. The summed E-state index contributed by atoms with van der Waals surface area (Å²) in [4.78, 5) is -0.750. The van der Waals surface area contributed by atoms with Gasteiger partial charge in [-0.2, -0.15) is 0 Å². The zero-order valence-corrected chi connectivity index (χ0v) is 12.5. The van der Waals surface area contributed by atoms with E-state index in [4.69, 9.17) is 11.6 Å². The SMILES string of the molecule is CC(Cl)c1ccccc1NS(=O)(=O)c1cc(F)ccc1F. The van der Waals surface area contributed by atoms with Crippen molar-refractivity contribution >= 4 is 27.3 Å². The van der Waals surface area contributed by atoms with Gasteiger partial charge in [-0.15, -0.1) is 11.6 Å². The molecule has 0 saturated carbocycles. The van der Waals surface area contributed by atoms with Crippen molar-refractivity contribution in [2.45, 2.75) is 17.2 Å². The van der Waals surface area contributed by atoms with Gasteiger partial charge in [0.05, 0.1) is 11.1 Å². The molecule has 3 nitrogen and oxygen atoms in total. The van der Waals surface area contributed by atoms with Gasteiger partial charge in [0, 0.05) is 0 Å². The molecule has 21 heavy (non-hydrogen) atoms. The fourth-order valence-electron chi connectivity index (χ4n) is 1.82. The second-order valence-electron chi connectivity index (χ2n) is 4.38. The minimum absolute atomic E-state index is 0.226. The second kappa shape index (κ2) is 5.99. The first-order chi connectivity index (χ1) is 9.81. The Balaban J connectivity index is 2.45. The molecular formula is C14H12ClF2NO2S. The maximum absolute atomic E-state index is 13.6. The molecule has 112 valence electrons. The van der Waals surface area contributed by atoms with E-state index in [9.17, 15) is 17.2 Å². The van der Waals surface area contributed by atoms with E-state index >= 15 is 0 Å².